The molecule has 0 aromatic heterocycles. The SMILES string of the molecule is O=C(O)[C@@H]1CCCN1c1ccc(S(=O)(=O)Oc2ccccc2)c(Cl)c1[N+](=O)[O-]. The molecule has 28 heavy (non-hydrogen) atoms. The molecular weight excluding hydrogens is 412 g/mol. The van der Waals surface area contributed by atoms with Crippen LogP contribution in [0.1, 0.15) is 12.8 Å². The van der Waals surface area contributed by atoms with Crippen LogP contribution in [-0.4, -0.2) is 37.0 Å². The molecule has 1 atom stereocenters. The van der Waals surface area contributed by atoms with Gasteiger partial charge in [0.25, 0.3) is 0 Å². The molecule has 9 nitrogen and oxygen atoms in total. The van der Waals surface area contributed by atoms with Crippen molar-refractivity contribution < 1.29 is 27.4 Å². The predicted octanol–water partition coefficient (Wildman–Crippen LogP) is 3.07. The third-order valence-corrected chi connectivity index (χ3v) is 6.09. The number of anilines is 1. The van der Waals surface area contributed by atoms with Gasteiger partial charge in [-0.1, -0.05) is 29.8 Å². The Balaban J connectivity index is 2.07. The summed E-state index contributed by atoms with van der Waals surface area (Å²) < 4.78 is 30.1. The maximum absolute atomic E-state index is 12.6. The molecule has 2 aromatic carbocycles. The molecule has 3 rings (SSSR count). The van der Waals surface area contributed by atoms with Crippen LogP contribution in [0.15, 0.2) is 47.4 Å². The maximum Gasteiger partial charge on any atom is 0.340 e. The molecular formula is C17H15ClN2O7S. The van der Waals surface area contributed by atoms with E-state index >= 15 is 0 Å². The van der Waals surface area contributed by atoms with E-state index in [4.69, 9.17) is 15.8 Å². The van der Waals surface area contributed by atoms with Gasteiger partial charge in [0.15, 0.2) is 0 Å². The number of nitro groups is 1. The van der Waals surface area contributed by atoms with Crippen molar-refractivity contribution in [2.24, 2.45) is 0 Å². The van der Waals surface area contributed by atoms with Crippen LogP contribution in [0.25, 0.3) is 0 Å². The zero-order chi connectivity index (χ0) is 20.5. The van der Waals surface area contributed by atoms with Crippen LogP contribution in [0.3, 0.4) is 0 Å². The number of hydrogen-bond donors (Lipinski definition) is 1. The van der Waals surface area contributed by atoms with Gasteiger partial charge >= 0.3 is 21.8 Å². The van der Waals surface area contributed by atoms with E-state index in [1.165, 1.54) is 23.1 Å². The topological polar surface area (TPSA) is 127 Å². The van der Waals surface area contributed by atoms with Crippen molar-refractivity contribution in [2.45, 2.75) is 23.8 Å². The molecule has 0 spiro atoms. The van der Waals surface area contributed by atoms with E-state index in [1.807, 2.05) is 0 Å². The molecule has 1 aliphatic heterocycles. The van der Waals surface area contributed by atoms with E-state index in [9.17, 15) is 28.4 Å². The first-order valence-electron chi connectivity index (χ1n) is 8.18. The van der Waals surface area contributed by atoms with Gasteiger partial charge in [0.2, 0.25) is 0 Å². The van der Waals surface area contributed by atoms with Crippen molar-refractivity contribution in [3.63, 3.8) is 0 Å². The molecule has 1 N–H and O–H groups in total. The highest BCUT2D eigenvalue weighted by atomic mass is 35.5. The van der Waals surface area contributed by atoms with Crippen molar-refractivity contribution >= 4 is 39.1 Å². The molecule has 1 fully saturated rings. The molecule has 1 heterocycles. The number of halogens is 1. The lowest BCUT2D eigenvalue weighted by Gasteiger charge is -2.24. The molecule has 0 unspecified atom stereocenters. The Labute approximate surface area is 165 Å². The number of benzene rings is 2. The zero-order valence-corrected chi connectivity index (χ0v) is 15.9. The summed E-state index contributed by atoms with van der Waals surface area (Å²) in [6, 6.07) is 8.95. The van der Waals surface area contributed by atoms with Crippen molar-refractivity contribution in [3.8, 4) is 5.75 Å². The lowest BCUT2D eigenvalue weighted by atomic mass is 10.2. The molecule has 1 aliphatic rings. The van der Waals surface area contributed by atoms with E-state index in [2.05, 4.69) is 0 Å². The number of rotatable bonds is 6. The first-order chi connectivity index (χ1) is 13.2. The second-order valence-corrected chi connectivity index (χ2v) is 7.94. The van der Waals surface area contributed by atoms with Crippen LogP contribution in [-0.2, 0) is 14.9 Å². The molecule has 148 valence electrons. The maximum atomic E-state index is 12.6. The van der Waals surface area contributed by atoms with Gasteiger partial charge in [0, 0.05) is 6.54 Å². The minimum absolute atomic E-state index is 0.0239. The highest BCUT2D eigenvalue weighted by Gasteiger charge is 2.37. The lowest BCUT2D eigenvalue weighted by molar-refractivity contribution is -0.384. The summed E-state index contributed by atoms with van der Waals surface area (Å²) >= 11 is 6.09. The highest BCUT2D eigenvalue weighted by Crippen LogP contribution is 2.42. The fourth-order valence-electron chi connectivity index (χ4n) is 3.09. The van der Waals surface area contributed by atoms with E-state index in [0.717, 1.165) is 6.07 Å². The Morgan fingerprint density at radius 3 is 2.54 bits per heavy atom. The van der Waals surface area contributed by atoms with Crippen molar-refractivity contribution in [3.05, 3.63) is 57.6 Å². The minimum Gasteiger partial charge on any atom is -0.480 e. The normalized spacial score (nSPS) is 16.8. The van der Waals surface area contributed by atoms with Gasteiger partial charge in [-0.05, 0) is 37.1 Å². The van der Waals surface area contributed by atoms with E-state index in [-0.39, 0.29) is 18.0 Å². The van der Waals surface area contributed by atoms with Gasteiger partial charge < -0.3 is 14.2 Å². The summed E-state index contributed by atoms with van der Waals surface area (Å²) in [5.74, 6) is -1.09. The predicted molar refractivity (Wildman–Crippen MR) is 100 cm³/mol. The number of carbonyl (C=O) groups is 1. The lowest BCUT2D eigenvalue weighted by Crippen LogP contribution is -2.36. The number of carboxylic acids is 1. The summed E-state index contributed by atoms with van der Waals surface area (Å²) in [4.78, 5) is 23.0. The summed E-state index contributed by atoms with van der Waals surface area (Å²) in [5, 5.41) is 20.3. The Kier molecular flexibility index (Phi) is 5.43. The summed E-state index contributed by atoms with van der Waals surface area (Å²) in [6.07, 6.45) is 0.851. The molecule has 0 aliphatic carbocycles. The zero-order valence-electron chi connectivity index (χ0n) is 14.3. The first kappa shape index (κ1) is 19.9. The fraction of sp³-hybridized carbons (Fsp3) is 0.235. The average Bonchev–Trinajstić information content (AvgIpc) is 3.11. The van der Waals surface area contributed by atoms with Crippen molar-refractivity contribution in [1.82, 2.24) is 0 Å². The Bertz CT molecular complexity index is 1030. The quantitative estimate of drug-likeness (QED) is 0.424. The van der Waals surface area contributed by atoms with Gasteiger partial charge in [-0.2, -0.15) is 8.42 Å². The van der Waals surface area contributed by atoms with Crippen molar-refractivity contribution in [1.29, 1.82) is 0 Å². The second-order valence-electron chi connectivity index (χ2n) is 6.04. The summed E-state index contributed by atoms with van der Waals surface area (Å²) in [6.45, 7) is 0.279. The average molecular weight is 427 g/mol. The third-order valence-electron chi connectivity index (χ3n) is 4.31. The second kappa shape index (κ2) is 7.64. The molecule has 0 saturated carbocycles. The first-order valence-corrected chi connectivity index (χ1v) is 9.97. The van der Waals surface area contributed by atoms with E-state index in [1.54, 1.807) is 18.2 Å². The van der Waals surface area contributed by atoms with E-state index in [0.29, 0.717) is 12.8 Å². The van der Waals surface area contributed by atoms with Gasteiger partial charge in [0.05, 0.1) is 4.92 Å². The minimum atomic E-state index is -4.44. The molecule has 0 bridgehead atoms. The van der Waals surface area contributed by atoms with Crippen LogP contribution >= 0.6 is 11.6 Å². The van der Waals surface area contributed by atoms with Crippen LogP contribution in [0, 0.1) is 10.1 Å². The van der Waals surface area contributed by atoms with E-state index < -0.39 is 42.7 Å². The standard InChI is InChI=1S/C17H15ClN2O7S/c18-15-14(28(25,26)27-11-5-2-1-3-6-11)9-8-12(16(15)20(23)24)19-10-4-7-13(19)17(21)22/h1-3,5-6,8-9,13H,4,7,10H2,(H,21,22)/t13-/m0/s1. The van der Waals surface area contributed by atoms with Crippen LogP contribution < -0.4 is 9.08 Å². The van der Waals surface area contributed by atoms with Crippen LogP contribution in [0.2, 0.25) is 5.02 Å². The molecule has 1 saturated heterocycles. The number of aliphatic carboxylic acids is 1. The number of nitro benzene ring substituents is 1. The smallest absolute Gasteiger partial charge is 0.340 e. The third kappa shape index (κ3) is 3.73. The van der Waals surface area contributed by atoms with Crippen LogP contribution in [0.5, 0.6) is 5.75 Å². The van der Waals surface area contributed by atoms with Gasteiger partial charge in [-0.3, -0.25) is 10.1 Å². The largest absolute Gasteiger partial charge is 0.480 e. The van der Waals surface area contributed by atoms with Gasteiger partial charge in [0.1, 0.15) is 27.4 Å². The Morgan fingerprint density at radius 1 is 1.25 bits per heavy atom. The summed E-state index contributed by atoms with van der Waals surface area (Å²) in [7, 11) is -4.44. The number of para-hydroxylation sites is 1. The molecule has 0 amide bonds. The highest BCUT2D eigenvalue weighted by molar-refractivity contribution is 7.87. The number of nitrogens with zero attached hydrogens (tertiary/aromatic N) is 2. The number of carboxylic acid groups (broad SMARTS) is 1. The molecule has 0 radical (unpaired) electrons. The Morgan fingerprint density at radius 2 is 1.93 bits per heavy atom. The van der Waals surface area contributed by atoms with Gasteiger partial charge in [-0.25, -0.2) is 4.79 Å². The fourth-order valence-corrected chi connectivity index (χ4v) is 4.61. The van der Waals surface area contributed by atoms with Crippen LogP contribution in [0.4, 0.5) is 11.4 Å². The number of hydrogen-bond acceptors (Lipinski definition) is 7. The van der Waals surface area contributed by atoms with Crippen molar-refractivity contribution in [2.75, 3.05) is 11.4 Å². The Hall–Kier alpha value is -2.85. The molecule has 2 aromatic rings. The monoisotopic (exact) mass is 426 g/mol. The molecule has 11 heteroatoms. The van der Waals surface area contributed by atoms with Gasteiger partial charge in [-0.15, -0.1) is 0 Å². The summed E-state index contributed by atoms with van der Waals surface area (Å²) in [5.41, 5.74) is -0.717.